The second kappa shape index (κ2) is 6.72. The van der Waals surface area contributed by atoms with E-state index >= 15 is 0 Å². The second-order valence-corrected chi connectivity index (χ2v) is 6.30. The molecule has 1 saturated heterocycles. The van der Waals surface area contributed by atoms with E-state index in [4.69, 9.17) is 16.3 Å². The Morgan fingerprint density at radius 1 is 1.39 bits per heavy atom. The van der Waals surface area contributed by atoms with E-state index in [1.54, 1.807) is 4.68 Å². The average molecular weight is 334 g/mol. The number of hydrogen-bond donors (Lipinski definition) is 1. The minimum Gasteiger partial charge on any atom is -0.381 e. The molecule has 0 bridgehead atoms. The van der Waals surface area contributed by atoms with Crippen molar-refractivity contribution in [3.63, 3.8) is 0 Å². The minimum absolute atomic E-state index is 0.00807. The summed E-state index contributed by atoms with van der Waals surface area (Å²) in [6.45, 7) is 1.57. The number of nitrogens with zero attached hydrogens (tertiary/aromatic N) is 2. The Morgan fingerprint density at radius 2 is 2.17 bits per heavy atom. The predicted molar refractivity (Wildman–Crippen MR) is 88.2 cm³/mol. The second-order valence-electron chi connectivity index (χ2n) is 5.87. The standard InChI is InChI=1S/C17H20ClN3O2/c1-21-8-5-15(20-21)12-19-16(22)17(6-9-23-10-7-17)13-3-2-4-14(18)11-13/h2-5,8,11H,6-7,9-10,12H2,1H3,(H,19,22). The summed E-state index contributed by atoms with van der Waals surface area (Å²) in [5, 5.41) is 7.97. The van der Waals surface area contributed by atoms with E-state index in [2.05, 4.69) is 10.4 Å². The lowest BCUT2D eigenvalue weighted by Crippen LogP contribution is -2.47. The smallest absolute Gasteiger partial charge is 0.231 e. The molecule has 2 heterocycles. The normalized spacial score (nSPS) is 17.0. The van der Waals surface area contributed by atoms with Gasteiger partial charge in [-0.1, -0.05) is 23.7 Å². The van der Waals surface area contributed by atoms with Crippen LogP contribution in [0.2, 0.25) is 5.02 Å². The number of carbonyl (C=O) groups excluding carboxylic acids is 1. The fourth-order valence-corrected chi connectivity index (χ4v) is 3.24. The molecular formula is C17H20ClN3O2. The van der Waals surface area contributed by atoms with Gasteiger partial charge in [-0.2, -0.15) is 5.10 Å². The number of aromatic nitrogens is 2. The molecule has 0 atom stereocenters. The molecule has 1 aliphatic rings. The molecule has 0 aliphatic carbocycles. The van der Waals surface area contributed by atoms with Crippen molar-refractivity contribution in [1.82, 2.24) is 15.1 Å². The highest BCUT2D eigenvalue weighted by Crippen LogP contribution is 2.36. The van der Waals surface area contributed by atoms with E-state index in [9.17, 15) is 4.79 Å². The maximum absolute atomic E-state index is 13.0. The van der Waals surface area contributed by atoms with Crippen molar-refractivity contribution in [3.8, 4) is 0 Å². The van der Waals surface area contributed by atoms with Crippen molar-refractivity contribution in [2.24, 2.45) is 7.05 Å². The molecule has 1 amide bonds. The first-order chi connectivity index (χ1) is 11.1. The van der Waals surface area contributed by atoms with Gasteiger partial charge in [-0.25, -0.2) is 0 Å². The zero-order valence-electron chi connectivity index (χ0n) is 13.1. The lowest BCUT2D eigenvalue weighted by Gasteiger charge is -2.36. The van der Waals surface area contributed by atoms with E-state index in [0.29, 0.717) is 37.6 Å². The van der Waals surface area contributed by atoms with Gasteiger partial charge in [0.1, 0.15) is 0 Å². The summed E-state index contributed by atoms with van der Waals surface area (Å²) < 4.78 is 7.19. The summed E-state index contributed by atoms with van der Waals surface area (Å²) in [4.78, 5) is 13.0. The fraction of sp³-hybridized carbons (Fsp3) is 0.412. The molecule has 122 valence electrons. The number of rotatable bonds is 4. The zero-order valence-corrected chi connectivity index (χ0v) is 13.8. The third-order valence-corrected chi connectivity index (χ3v) is 4.59. The number of ether oxygens (including phenoxy) is 1. The van der Waals surface area contributed by atoms with Gasteiger partial charge in [0.15, 0.2) is 0 Å². The van der Waals surface area contributed by atoms with Crippen LogP contribution in [0.1, 0.15) is 24.1 Å². The van der Waals surface area contributed by atoms with Crippen molar-refractivity contribution in [2.75, 3.05) is 13.2 Å². The number of halogens is 1. The first kappa shape index (κ1) is 16.0. The quantitative estimate of drug-likeness (QED) is 0.935. The molecule has 0 unspecified atom stereocenters. The van der Waals surface area contributed by atoms with Gasteiger partial charge in [-0.3, -0.25) is 9.48 Å². The maximum atomic E-state index is 13.0. The number of aryl methyl sites for hydroxylation is 1. The Kier molecular flexibility index (Phi) is 4.68. The van der Waals surface area contributed by atoms with Gasteiger partial charge in [0.25, 0.3) is 0 Å². The van der Waals surface area contributed by atoms with Gasteiger partial charge >= 0.3 is 0 Å². The monoisotopic (exact) mass is 333 g/mol. The van der Waals surface area contributed by atoms with Gasteiger partial charge in [-0.05, 0) is 36.6 Å². The lowest BCUT2D eigenvalue weighted by atomic mass is 9.73. The molecule has 1 aliphatic heterocycles. The summed E-state index contributed by atoms with van der Waals surface area (Å²) in [5.41, 5.74) is 1.21. The number of amides is 1. The Labute approximate surface area is 140 Å². The Hall–Kier alpha value is -1.85. The van der Waals surface area contributed by atoms with E-state index in [0.717, 1.165) is 11.3 Å². The van der Waals surface area contributed by atoms with Gasteiger partial charge in [0, 0.05) is 31.5 Å². The SMILES string of the molecule is Cn1ccc(CNC(=O)C2(c3cccc(Cl)c3)CCOCC2)n1. The molecule has 5 nitrogen and oxygen atoms in total. The molecule has 3 rings (SSSR count). The molecule has 2 aromatic rings. The van der Waals surface area contributed by atoms with Crippen molar-refractivity contribution in [3.05, 3.63) is 52.8 Å². The average Bonchev–Trinajstić information content (AvgIpc) is 2.98. The Bertz CT molecular complexity index is 693. The molecule has 23 heavy (non-hydrogen) atoms. The van der Waals surface area contributed by atoms with Crippen LogP contribution >= 0.6 is 11.6 Å². The summed E-state index contributed by atoms with van der Waals surface area (Å²) in [6, 6.07) is 9.46. The van der Waals surface area contributed by atoms with Crippen LogP contribution in [0.4, 0.5) is 0 Å². The van der Waals surface area contributed by atoms with Crippen LogP contribution in [0.15, 0.2) is 36.5 Å². The van der Waals surface area contributed by atoms with Crippen molar-refractivity contribution in [2.45, 2.75) is 24.8 Å². The molecule has 1 aromatic carbocycles. The molecule has 1 fully saturated rings. The maximum Gasteiger partial charge on any atom is 0.231 e. The first-order valence-electron chi connectivity index (χ1n) is 7.71. The summed E-state index contributed by atoms with van der Waals surface area (Å²) in [7, 11) is 1.86. The Morgan fingerprint density at radius 3 is 2.83 bits per heavy atom. The van der Waals surface area contributed by atoms with Gasteiger partial charge in [0.05, 0.1) is 17.7 Å². The van der Waals surface area contributed by atoms with Crippen molar-refractivity contribution < 1.29 is 9.53 Å². The lowest BCUT2D eigenvalue weighted by molar-refractivity contribution is -0.130. The molecule has 1 N–H and O–H groups in total. The van der Waals surface area contributed by atoms with Crippen LogP contribution in [0.25, 0.3) is 0 Å². The van der Waals surface area contributed by atoms with Crippen LogP contribution in [0.3, 0.4) is 0 Å². The Balaban J connectivity index is 1.82. The van der Waals surface area contributed by atoms with Gasteiger partial charge in [-0.15, -0.1) is 0 Å². The predicted octanol–water partition coefficient (Wildman–Crippen LogP) is 2.44. The highest BCUT2D eigenvalue weighted by atomic mass is 35.5. The van der Waals surface area contributed by atoms with Crippen LogP contribution in [0, 0.1) is 0 Å². The van der Waals surface area contributed by atoms with E-state index in [1.165, 1.54) is 0 Å². The first-order valence-corrected chi connectivity index (χ1v) is 8.09. The van der Waals surface area contributed by atoms with Crippen LogP contribution in [-0.2, 0) is 28.5 Å². The van der Waals surface area contributed by atoms with Gasteiger partial charge < -0.3 is 10.1 Å². The van der Waals surface area contributed by atoms with Crippen molar-refractivity contribution in [1.29, 1.82) is 0 Å². The third kappa shape index (κ3) is 3.41. The summed E-state index contributed by atoms with van der Waals surface area (Å²) in [5.74, 6) is 0.00807. The largest absolute Gasteiger partial charge is 0.381 e. The number of benzene rings is 1. The van der Waals surface area contributed by atoms with E-state index < -0.39 is 5.41 Å². The highest BCUT2D eigenvalue weighted by Gasteiger charge is 2.41. The molecular weight excluding hydrogens is 314 g/mol. The topological polar surface area (TPSA) is 56.2 Å². The highest BCUT2D eigenvalue weighted by molar-refractivity contribution is 6.30. The molecule has 0 saturated carbocycles. The van der Waals surface area contributed by atoms with E-state index in [1.807, 2.05) is 43.6 Å². The van der Waals surface area contributed by atoms with Crippen LogP contribution in [0.5, 0.6) is 0 Å². The van der Waals surface area contributed by atoms with Crippen LogP contribution < -0.4 is 5.32 Å². The zero-order chi connectivity index (χ0) is 16.3. The minimum atomic E-state index is -0.585. The van der Waals surface area contributed by atoms with E-state index in [-0.39, 0.29) is 5.91 Å². The molecule has 1 aromatic heterocycles. The molecule has 6 heteroatoms. The fourth-order valence-electron chi connectivity index (χ4n) is 3.05. The number of carbonyl (C=O) groups is 1. The summed E-state index contributed by atoms with van der Waals surface area (Å²) in [6.07, 6.45) is 3.17. The molecule has 0 spiro atoms. The number of nitrogens with one attached hydrogen (secondary N) is 1. The molecule has 0 radical (unpaired) electrons. The number of hydrogen-bond acceptors (Lipinski definition) is 3. The third-order valence-electron chi connectivity index (χ3n) is 4.36. The van der Waals surface area contributed by atoms with Gasteiger partial charge in [0.2, 0.25) is 5.91 Å². The van der Waals surface area contributed by atoms with Crippen LogP contribution in [-0.4, -0.2) is 28.9 Å². The summed E-state index contributed by atoms with van der Waals surface area (Å²) >= 11 is 6.13. The van der Waals surface area contributed by atoms with Crippen molar-refractivity contribution >= 4 is 17.5 Å².